The Balaban J connectivity index is 1.65. The van der Waals surface area contributed by atoms with Crippen molar-refractivity contribution in [2.75, 3.05) is 0 Å². The van der Waals surface area contributed by atoms with Crippen LogP contribution in [0.3, 0.4) is 0 Å². The zero-order valence-electron chi connectivity index (χ0n) is 16.8. The maximum atomic E-state index is 5.31. The molecule has 1 aliphatic rings. The average molecular weight is 389 g/mol. The highest BCUT2D eigenvalue weighted by Crippen LogP contribution is 2.44. The molecule has 4 aromatic carbocycles. The minimum absolute atomic E-state index is 0.0486. The van der Waals surface area contributed by atoms with Crippen molar-refractivity contribution in [3.05, 3.63) is 144 Å². The van der Waals surface area contributed by atoms with E-state index in [0.717, 1.165) is 17.9 Å². The van der Waals surface area contributed by atoms with Crippen LogP contribution in [0.5, 0.6) is 0 Å². The van der Waals surface area contributed by atoms with Gasteiger partial charge in [0.25, 0.3) is 0 Å². The molecule has 2 atom stereocenters. The van der Waals surface area contributed by atoms with E-state index >= 15 is 0 Å². The molecule has 0 amide bonds. The van der Waals surface area contributed by atoms with Crippen LogP contribution in [0.25, 0.3) is 0 Å². The van der Waals surface area contributed by atoms with Crippen molar-refractivity contribution in [3.8, 4) is 0 Å². The molecule has 1 aliphatic heterocycles. The predicted octanol–water partition coefficient (Wildman–Crippen LogP) is 6.43. The maximum Gasteiger partial charge on any atom is 0.132 e. The molecule has 0 saturated heterocycles. The minimum atomic E-state index is 0.0486. The van der Waals surface area contributed by atoms with Gasteiger partial charge in [-0.05, 0) is 16.7 Å². The fraction of sp³-hybridized carbons (Fsp3) is 0.107. The Morgan fingerprint density at radius 3 is 1.67 bits per heavy atom. The zero-order chi connectivity index (χ0) is 20.2. The van der Waals surface area contributed by atoms with E-state index < -0.39 is 0 Å². The van der Waals surface area contributed by atoms with Gasteiger partial charge in [0.2, 0.25) is 0 Å². The van der Waals surface area contributed by atoms with Crippen molar-refractivity contribution in [1.29, 1.82) is 0 Å². The Bertz CT molecular complexity index is 1110. The van der Waals surface area contributed by atoms with E-state index in [0.29, 0.717) is 0 Å². The first kappa shape index (κ1) is 18.4. The fourth-order valence-electron chi connectivity index (χ4n) is 4.28. The molecule has 2 heteroatoms. The van der Waals surface area contributed by atoms with Gasteiger partial charge in [-0.1, -0.05) is 121 Å². The summed E-state index contributed by atoms with van der Waals surface area (Å²) in [6.07, 6.45) is 0. The minimum Gasteiger partial charge on any atom is -0.343 e. The van der Waals surface area contributed by atoms with E-state index in [1.165, 1.54) is 16.7 Å². The van der Waals surface area contributed by atoms with E-state index in [9.17, 15) is 0 Å². The van der Waals surface area contributed by atoms with Crippen LogP contribution in [-0.4, -0.2) is 10.7 Å². The Morgan fingerprint density at radius 1 is 0.567 bits per heavy atom. The summed E-state index contributed by atoms with van der Waals surface area (Å²) < 4.78 is 0. The second-order valence-corrected chi connectivity index (χ2v) is 7.64. The monoisotopic (exact) mass is 388 g/mol. The second kappa shape index (κ2) is 8.38. The lowest BCUT2D eigenvalue weighted by Crippen LogP contribution is -2.31. The Kier molecular flexibility index (Phi) is 5.14. The molecule has 0 bridgehead atoms. The van der Waals surface area contributed by atoms with E-state index in [4.69, 9.17) is 4.99 Å². The van der Waals surface area contributed by atoms with Gasteiger partial charge in [0.05, 0.1) is 6.04 Å². The second-order valence-electron chi connectivity index (χ2n) is 7.64. The maximum absolute atomic E-state index is 5.31. The summed E-state index contributed by atoms with van der Waals surface area (Å²) >= 11 is 0. The zero-order valence-corrected chi connectivity index (χ0v) is 16.8. The van der Waals surface area contributed by atoms with Crippen LogP contribution in [0.2, 0.25) is 0 Å². The molecule has 0 unspecified atom stereocenters. The molecule has 0 spiro atoms. The quantitative estimate of drug-likeness (QED) is 0.384. The van der Waals surface area contributed by atoms with Crippen LogP contribution >= 0.6 is 0 Å². The highest BCUT2D eigenvalue weighted by atomic mass is 15.3. The van der Waals surface area contributed by atoms with Crippen LogP contribution in [0.4, 0.5) is 0 Å². The SMILES string of the molecule is c1ccc(CN2C(c3ccccc3)=N[C@H](c3ccccc3)[C@@H]2c2ccccc2)cc1. The summed E-state index contributed by atoms with van der Waals surface area (Å²) in [5, 5.41) is 0. The first-order valence-electron chi connectivity index (χ1n) is 10.4. The standard InChI is InChI=1S/C28H24N2/c1-5-13-22(14-6-1)21-30-27(24-17-9-3-10-18-24)26(23-15-7-2-8-16-23)29-28(30)25-19-11-4-12-20-25/h1-20,26-27H,21H2/t26-,27+/m1/s1. The van der Waals surface area contributed by atoms with Crippen molar-refractivity contribution in [2.24, 2.45) is 4.99 Å². The molecule has 0 saturated carbocycles. The lowest BCUT2D eigenvalue weighted by Gasteiger charge is -2.31. The summed E-state index contributed by atoms with van der Waals surface area (Å²) in [6, 6.07) is 42.9. The van der Waals surface area contributed by atoms with Gasteiger partial charge in [0.15, 0.2) is 0 Å². The molecular formula is C28H24N2. The van der Waals surface area contributed by atoms with E-state index in [2.05, 4.69) is 126 Å². The summed E-state index contributed by atoms with van der Waals surface area (Å²) in [4.78, 5) is 7.78. The van der Waals surface area contributed by atoms with Gasteiger partial charge >= 0.3 is 0 Å². The number of aliphatic imine (C=N–C) groups is 1. The van der Waals surface area contributed by atoms with Gasteiger partial charge in [0.1, 0.15) is 11.9 Å². The average Bonchev–Trinajstić information content (AvgIpc) is 3.20. The molecule has 0 aliphatic carbocycles. The molecular weight excluding hydrogens is 364 g/mol. The van der Waals surface area contributed by atoms with E-state index in [-0.39, 0.29) is 12.1 Å². The molecule has 0 N–H and O–H groups in total. The number of hydrogen-bond acceptors (Lipinski definition) is 2. The van der Waals surface area contributed by atoms with E-state index in [1.54, 1.807) is 0 Å². The van der Waals surface area contributed by atoms with Crippen molar-refractivity contribution < 1.29 is 0 Å². The third kappa shape index (κ3) is 3.65. The Hall–Kier alpha value is -3.65. The van der Waals surface area contributed by atoms with Gasteiger partial charge in [-0.15, -0.1) is 0 Å². The lowest BCUT2D eigenvalue weighted by molar-refractivity contribution is 0.304. The third-order valence-corrected chi connectivity index (χ3v) is 5.68. The molecule has 4 aromatic rings. The molecule has 0 fully saturated rings. The molecule has 146 valence electrons. The summed E-state index contributed by atoms with van der Waals surface area (Å²) in [6.45, 7) is 0.817. The smallest absolute Gasteiger partial charge is 0.132 e. The van der Waals surface area contributed by atoms with Crippen molar-refractivity contribution >= 4 is 5.84 Å². The third-order valence-electron chi connectivity index (χ3n) is 5.68. The largest absolute Gasteiger partial charge is 0.343 e. The topological polar surface area (TPSA) is 15.6 Å². The van der Waals surface area contributed by atoms with Gasteiger partial charge in [-0.2, -0.15) is 0 Å². The first-order chi connectivity index (χ1) is 14.9. The Morgan fingerprint density at radius 2 is 1.07 bits per heavy atom. The summed E-state index contributed by atoms with van der Waals surface area (Å²) in [7, 11) is 0. The van der Waals surface area contributed by atoms with Gasteiger partial charge in [-0.3, -0.25) is 4.99 Å². The molecule has 1 heterocycles. The normalized spacial score (nSPS) is 18.3. The highest BCUT2D eigenvalue weighted by molar-refractivity contribution is 6.00. The number of nitrogens with zero attached hydrogens (tertiary/aromatic N) is 2. The van der Waals surface area contributed by atoms with Crippen molar-refractivity contribution in [3.63, 3.8) is 0 Å². The fourth-order valence-corrected chi connectivity index (χ4v) is 4.28. The number of rotatable bonds is 5. The number of benzene rings is 4. The van der Waals surface area contributed by atoms with Gasteiger partial charge in [-0.25, -0.2) is 0 Å². The summed E-state index contributed by atoms with van der Waals surface area (Å²) in [5.41, 5.74) is 4.98. The van der Waals surface area contributed by atoms with Gasteiger partial charge < -0.3 is 4.90 Å². The first-order valence-corrected chi connectivity index (χ1v) is 10.4. The molecule has 2 nitrogen and oxygen atoms in total. The number of hydrogen-bond donors (Lipinski definition) is 0. The van der Waals surface area contributed by atoms with E-state index in [1.807, 2.05) is 0 Å². The van der Waals surface area contributed by atoms with Crippen molar-refractivity contribution in [2.45, 2.75) is 18.6 Å². The number of amidine groups is 1. The lowest BCUT2D eigenvalue weighted by atomic mass is 9.93. The van der Waals surface area contributed by atoms with Crippen LogP contribution in [0, 0.1) is 0 Å². The van der Waals surface area contributed by atoms with Gasteiger partial charge in [0, 0.05) is 12.1 Å². The summed E-state index contributed by atoms with van der Waals surface area (Å²) in [5.74, 6) is 1.06. The highest BCUT2D eigenvalue weighted by Gasteiger charge is 2.38. The van der Waals surface area contributed by atoms with Crippen molar-refractivity contribution in [1.82, 2.24) is 4.90 Å². The van der Waals surface area contributed by atoms with Crippen LogP contribution < -0.4 is 0 Å². The van der Waals surface area contributed by atoms with Crippen LogP contribution in [0.1, 0.15) is 34.3 Å². The predicted molar refractivity (Wildman–Crippen MR) is 123 cm³/mol. The van der Waals surface area contributed by atoms with Crippen LogP contribution in [-0.2, 0) is 6.54 Å². The molecule has 0 aromatic heterocycles. The Labute approximate surface area is 178 Å². The molecule has 5 rings (SSSR count). The van der Waals surface area contributed by atoms with Crippen LogP contribution in [0.15, 0.2) is 126 Å². The molecule has 0 radical (unpaired) electrons. The molecule has 30 heavy (non-hydrogen) atoms.